The summed E-state index contributed by atoms with van der Waals surface area (Å²) >= 11 is 0. The van der Waals surface area contributed by atoms with Gasteiger partial charge in [0.1, 0.15) is 11.6 Å². The van der Waals surface area contributed by atoms with E-state index >= 15 is 0 Å². The lowest BCUT2D eigenvalue weighted by atomic mass is 10.2. The van der Waals surface area contributed by atoms with Crippen LogP contribution >= 0.6 is 0 Å². The van der Waals surface area contributed by atoms with Crippen LogP contribution in [-0.4, -0.2) is 29.8 Å². The van der Waals surface area contributed by atoms with Crippen molar-refractivity contribution < 1.29 is 23.8 Å². The smallest absolute Gasteiger partial charge is 0.319 e. The van der Waals surface area contributed by atoms with Crippen LogP contribution in [0.15, 0.2) is 18.2 Å². The number of carbonyl (C=O) groups excluding carboxylic acids is 1. The first-order chi connectivity index (χ1) is 9.88. The van der Waals surface area contributed by atoms with E-state index in [0.29, 0.717) is 12.1 Å². The zero-order chi connectivity index (χ0) is 15.8. The largest absolute Gasteiger partial charge is 0.489 e. The summed E-state index contributed by atoms with van der Waals surface area (Å²) in [5.41, 5.74) is 0.348. The highest BCUT2D eigenvalue weighted by Crippen LogP contribution is 2.26. The van der Waals surface area contributed by atoms with Gasteiger partial charge in [0.15, 0.2) is 0 Å². The zero-order valence-corrected chi connectivity index (χ0v) is 12.0. The summed E-state index contributed by atoms with van der Waals surface area (Å²) in [7, 11) is 0. The average Bonchev–Trinajstić information content (AvgIpc) is 2.37. The third kappa shape index (κ3) is 6.60. The Hall–Kier alpha value is -2.31. The minimum atomic E-state index is -0.914. The van der Waals surface area contributed by atoms with E-state index in [1.54, 1.807) is 13.8 Å². The van der Waals surface area contributed by atoms with Crippen molar-refractivity contribution in [3.05, 3.63) is 24.0 Å². The molecule has 0 saturated heterocycles. The zero-order valence-electron chi connectivity index (χ0n) is 12.0. The molecule has 0 unspecified atom stereocenters. The van der Waals surface area contributed by atoms with Gasteiger partial charge >= 0.3 is 12.0 Å². The molecule has 0 aromatic heterocycles. The number of ether oxygens (including phenoxy) is 1. The minimum Gasteiger partial charge on any atom is -0.489 e. The molecule has 0 saturated carbocycles. The van der Waals surface area contributed by atoms with Crippen molar-refractivity contribution in [1.29, 1.82) is 0 Å². The van der Waals surface area contributed by atoms with Crippen LogP contribution in [0.1, 0.15) is 26.7 Å². The molecule has 0 aliphatic rings. The standard InChI is InChI=1S/C14H19FN2O4/c1-9(2)21-12-8-10(15)5-6-11(12)17-14(20)16-7-3-4-13(18)19/h5-6,8-9H,3-4,7H2,1-2H3,(H,18,19)(H2,16,17,20). The number of amides is 2. The summed E-state index contributed by atoms with van der Waals surface area (Å²) in [5.74, 6) is -1.13. The van der Waals surface area contributed by atoms with E-state index in [1.807, 2.05) is 0 Å². The molecule has 1 rings (SSSR count). The van der Waals surface area contributed by atoms with E-state index in [9.17, 15) is 14.0 Å². The van der Waals surface area contributed by atoms with Gasteiger partial charge in [-0.1, -0.05) is 0 Å². The van der Waals surface area contributed by atoms with Gasteiger partial charge in [-0.3, -0.25) is 4.79 Å². The highest BCUT2D eigenvalue weighted by Gasteiger charge is 2.10. The van der Waals surface area contributed by atoms with Gasteiger partial charge in [0.25, 0.3) is 0 Å². The maximum absolute atomic E-state index is 13.2. The maximum Gasteiger partial charge on any atom is 0.319 e. The predicted molar refractivity (Wildman–Crippen MR) is 76.1 cm³/mol. The van der Waals surface area contributed by atoms with Crippen molar-refractivity contribution in [2.24, 2.45) is 0 Å². The Labute approximate surface area is 122 Å². The summed E-state index contributed by atoms with van der Waals surface area (Å²) < 4.78 is 18.6. The molecule has 0 fully saturated rings. The van der Waals surface area contributed by atoms with E-state index < -0.39 is 17.8 Å². The molecule has 7 heteroatoms. The van der Waals surface area contributed by atoms with Gasteiger partial charge in [-0.05, 0) is 32.4 Å². The van der Waals surface area contributed by atoms with Crippen molar-refractivity contribution in [3.63, 3.8) is 0 Å². The lowest BCUT2D eigenvalue weighted by molar-refractivity contribution is -0.137. The normalized spacial score (nSPS) is 10.3. The van der Waals surface area contributed by atoms with Crippen molar-refractivity contribution >= 4 is 17.7 Å². The molecule has 21 heavy (non-hydrogen) atoms. The molecular formula is C14H19FN2O4. The lowest BCUT2D eigenvalue weighted by Gasteiger charge is -2.15. The minimum absolute atomic E-state index is 0.0153. The molecule has 1 aromatic carbocycles. The maximum atomic E-state index is 13.2. The van der Waals surface area contributed by atoms with Crippen molar-refractivity contribution in [3.8, 4) is 5.75 Å². The number of hydrogen-bond donors (Lipinski definition) is 3. The lowest BCUT2D eigenvalue weighted by Crippen LogP contribution is -2.30. The number of nitrogens with one attached hydrogen (secondary N) is 2. The third-order valence-electron chi connectivity index (χ3n) is 2.41. The van der Waals surface area contributed by atoms with Gasteiger partial charge < -0.3 is 20.5 Å². The Morgan fingerprint density at radius 1 is 1.38 bits per heavy atom. The summed E-state index contributed by atoms with van der Waals surface area (Å²) in [5, 5.41) is 13.5. The number of hydrogen-bond acceptors (Lipinski definition) is 3. The monoisotopic (exact) mass is 298 g/mol. The molecule has 0 spiro atoms. The second-order valence-corrected chi connectivity index (χ2v) is 4.69. The Morgan fingerprint density at radius 2 is 2.10 bits per heavy atom. The van der Waals surface area contributed by atoms with Crippen LogP contribution in [0.4, 0.5) is 14.9 Å². The molecule has 0 atom stereocenters. The topological polar surface area (TPSA) is 87.7 Å². The number of rotatable bonds is 7. The van der Waals surface area contributed by atoms with Gasteiger partial charge in [-0.25, -0.2) is 9.18 Å². The predicted octanol–water partition coefficient (Wildman–Crippen LogP) is 2.60. The molecule has 116 valence electrons. The van der Waals surface area contributed by atoms with Crippen LogP contribution in [0.5, 0.6) is 5.75 Å². The summed E-state index contributed by atoms with van der Waals surface area (Å²) in [6, 6.07) is 3.32. The Kier molecular flexibility index (Phi) is 6.45. The van der Waals surface area contributed by atoms with Gasteiger partial charge in [-0.2, -0.15) is 0 Å². The molecule has 0 heterocycles. The molecule has 0 aliphatic heterocycles. The number of carboxylic acid groups (broad SMARTS) is 1. The first-order valence-electron chi connectivity index (χ1n) is 6.61. The summed E-state index contributed by atoms with van der Waals surface area (Å²) in [6.07, 6.45) is 0.158. The fraction of sp³-hybridized carbons (Fsp3) is 0.429. The number of aliphatic carboxylic acids is 1. The van der Waals surface area contributed by atoms with Crippen LogP contribution < -0.4 is 15.4 Å². The van der Waals surface area contributed by atoms with E-state index in [-0.39, 0.29) is 24.8 Å². The van der Waals surface area contributed by atoms with E-state index in [1.165, 1.54) is 18.2 Å². The second kappa shape index (κ2) is 8.08. The highest BCUT2D eigenvalue weighted by atomic mass is 19.1. The Morgan fingerprint density at radius 3 is 2.71 bits per heavy atom. The second-order valence-electron chi connectivity index (χ2n) is 4.69. The average molecular weight is 298 g/mol. The molecule has 3 N–H and O–H groups in total. The van der Waals surface area contributed by atoms with E-state index in [4.69, 9.17) is 9.84 Å². The van der Waals surface area contributed by atoms with Crippen molar-refractivity contribution in [1.82, 2.24) is 5.32 Å². The highest BCUT2D eigenvalue weighted by molar-refractivity contribution is 5.90. The quantitative estimate of drug-likeness (QED) is 0.675. The fourth-order valence-electron chi connectivity index (χ4n) is 1.56. The summed E-state index contributed by atoms with van der Waals surface area (Å²) in [6.45, 7) is 3.82. The molecule has 6 nitrogen and oxygen atoms in total. The number of urea groups is 1. The first kappa shape index (κ1) is 16.7. The SMILES string of the molecule is CC(C)Oc1cc(F)ccc1NC(=O)NCCCC(=O)O. The molecule has 0 bridgehead atoms. The summed E-state index contributed by atoms with van der Waals surface area (Å²) in [4.78, 5) is 22.0. The number of carbonyl (C=O) groups is 2. The molecular weight excluding hydrogens is 279 g/mol. The Bertz CT molecular complexity index is 506. The number of benzene rings is 1. The van der Waals surface area contributed by atoms with Gasteiger partial charge in [-0.15, -0.1) is 0 Å². The first-order valence-corrected chi connectivity index (χ1v) is 6.61. The molecule has 0 aliphatic carbocycles. The number of halogens is 1. The van der Waals surface area contributed by atoms with E-state index in [0.717, 1.165) is 0 Å². The van der Waals surface area contributed by atoms with Crippen LogP contribution in [0.2, 0.25) is 0 Å². The van der Waals surface area contributed by atoms with Gasteiger partial charge in [0.05, 0.1) is 11.8 Å². The van der Waals surface area contributed by atoms with Crippen LogP contribution in [0.3, 0.4) is 0 Å². The third-order valence-corrected chi connectivity index (χ3v) is 2.41. The Balaban J connectivity index is 2.56. The number of carboxylic acids is 1. The van der Waals surface area contributed by atoms with Crippen LogP contribution in [0.25, 0.3) is 0 Å². The molecule has 0 radical (unpaired) electrons. The van der Waals surface area contributed by atoms with Crippen molar-refractivity contribution in [2.75, 3.05) is 11.9 Å². The van der Waals surface area contributed by atoms with E-state index in [2.05, 4.69) is 10.6 Å². The van der Waals surface area contributed by atoms with Gasteiger partial charge in [0.2, 0.25) is 0 Å². The van der Waals surface area contributed by atoms with Crippen LogP contribution in [0, 0.1) is 5.82 Å². The van der Waals surface area contributed by atoms with Gasteiger partial charge in [0, 0.05) is 19.0 Å². The van der Waals surface area contributed by atoms with Crippen molar-refractivity contribution in [2.45, 2.75) is 32.8 Å². The van der Waals surface area contributed by atoms with Crippen LogP contribution in [-0.2, 0) is 4.79 Å². The molecule has 1 aromatic rings. The molecule has 2 amide bonds. The number of anilines is 1. The fourth-order valence-corrected chi connectivity index (χ4v) is 1.56.